The highest BCUT2D eigenvalue weighted by atomic mass is 15.1. The molecule has 2 heteroatoms. The van der Waals surface area contributed by atoms with Gasteiger partial charge in [0.05, 0.1) is 0 Å². The van der Waals surface area contributed by atoms with E-state index in [0.717, 1.165) is 12.6 Å². The second-order valence-electron chi connectivity index (χ2n) is 4.68. The maximum Gasteiger partial charge on any atom is 0.0406 e. The Kier molecular flexibility index (Phi) is 2.96. The first-order valence-corrected chi connectivity index (χ1v) is 5.67. The van der Waals surface area contributed by atoms with Crippen LogP contribution >= 0.6 is 0 Å². The maximum absolute atomic E-state index is 3.57. The van der Waals surface area contributed by atoms with E-state index in [9.17, 15) is 0 Å². The fourth-order valence-corrected chi connectivity index (χ4v) is 1.83. The molecular formula is C13H20N2. The molecule has 0 aromatic heterocycles. The van der Waals surface area contributed by atoms with Crippen LogP contribution in [0.25, 0.3) is 0 Å². The summed E-state index contributed by atoms with van der Waals surface area (Å²) in [5.41, 5.74) is 4.08. The lowest BCUT2D eigenvalue weighted by molar-refractivity contribution is 0.686. The van der Waals surface area contributed by atoms with E-state index in [1.165, 1.54) is 29.7 Å². The van der Waals surface area contributed by atoms with Crippen molar-refractivity contribution >= 4 is 5.69 Å². The lowest BCUT2D eigenvalue weighted by Crippen LogP contribution is -2.19. The van der Waals surface area contributed by atoms with Crippen molar-refractivity contribution in [2.75, 3.05) is 19.0 Å². The molecule has 2 rings (SSSR count). The Morgan fingerprint density at radius 3 is 2.67 bits per heavy atom. The van der Waals surface area contributed by atoms with Gasteiger partial charge in [-0.15, -0.1) is 0 Å². The summed E-state index contributed by atoms with van der Waals surface area (Å²) in [6, 6.07) is 7.44. The molecule has 1 saturated carbocycles. The molecular weight excluding hydrogens is 184 g/mol. The Balaban J connectivity index is 2.13. The third kappa shape index (κ3) is 2.72. The van der Waals surface area contributed by atoms with Gasteiger partial charge in [0.1, 0.15) is 0 Å². The van der Waals surface area contributed by atoms with Gasteiger partial charge in [0.25, 0.3) is 0 Å². The molecule has 1 aliphatic carbocycles. The normalized spacial score (nSPS) is 15.4. The molecule has 15 heavy (non-hydrogen) atoms. The summed E-state index contributed by atoms with van der Waals surface area (Å²) < 4.78 is 0. The highest BCUT2D eigenvalue weighted by Crippen LogP contribution is 2.23. The van der Waals surface area contributed by atoms with Gasteiger partial charge in [-0.05, 0) is 31.4 Å². The van der Waals surface area contributed by atoms with Crippen LogP contribution in [0.15, 0.2) is 18.2 Å². The molecule has 0 bridgehead atoms. The Morgan fingerprint density at radius 2 is 2.07 bits per heavy atom. The van der Waals surface area contributed by atoms with Gasteiger partial charge in [-0.1, -0.05) is 17.7 Å². The quantitative estimate of drug-likeness (QED) is 0.809. The molecule has 0 amide bonds. The van der Waals surface area contributed by atoms with Gasteiger partial charge in [0.15, 0.2) is 0 Å². The highest BCUT2D eigenvalue weighted by molar-refractivity contribution is 5.53. The lowest BCUT2D eigenvalue weighted by Gasteiger charge is -2.18. The number of nitrogens with zero attached hydrogens (tertiary/aromatic N) is 1. The zero-order chi connectivity index (χ0) is 10.8. The minimum absolute atomic E-state index is 0.778. The zero-order valence-electron chi connectivity index (χ0n) is 9.88. The van der Waals surface area contributed by atoms with Gasteiger partial charge in [0, 0.05) is 32.4 Å². The molecule has 0 spiro atoms. The maximum atomic E-state index is 3.57. The molecule has 0 radical (unpaired) electrons. The third-order valence-corrected chi connectivity index (χ3v) is 2.88. The van der Waals surface area contributed by atoms with Crippen molar-refractivity contribution in [2.24, 2.45) is 0 Å². The van der Waals surface area contributed by atoms with Crippen LogP contribution in [0.3, 0.4) is 0 Å². The monoisotopic (exact) mass is 204 g/mol. The molecule has 1 N–H and O–H groups in total. The number of benzene rings is 1. The largest absolute Gasteiger partial charge is 0.377 e. The van der Waals surface area contributed by atoms with Crippen LogP contribution in [0.1, 0.15) is 24.0 Å². The van der Waals surface area contributed by atoms with E-state index in [0.29, 0.717) is 0 Å². The van der Waals surface area contributed by atoms with E-state index < -0.39 is 0 Å². The van der Waals surface area contributed by atoms with Crippen LogP contribution in [-0.2, 0) is 6.54 Å². The van der Waals surface area contributed by atoms with Crippen molar-refractivity contribution < 1.29 is 0 Å². The molecule has 0 unspecified atom stereocenters. The Bertz CT molecular complexity index is 340. The fraction of sp³-hybridized carbons (Fsp3) is 0.538. The summed E-state index contributed by atoms with van der Waals surface area (Å²) in [5, 5.41) is 3.57. The summed E-state index contributed by atoms with van der Waals surface area (Å²) in [4.78, 5) is 2.18. The highest BCUT2D eigenvalue weighted by Gasteiger charge is 2.20. The summed E-state index contributed by atoms with van der Waals surface area (Å²) >= 11 is 0. The number of aryl methyl sites for hydroxylation is 1. The molecule has 0 aliphatic heterocycles. The van der Waals surface area contributed by atoms with Crippen LogP contribution in [0.4, 0.5) is 5.69 Å². The van der Waals surface area contributed by atoms with Crippen molar-refractivity contribution in [1.29, 1.82) is 0 Å². The van der Waals surface area contributed by atoms with E-state index in [1.54, 1.807) is 0 Å². The van der Waals surface area contributed by atoms with E-state index in [1.807, 2.05) is 0 Å². The first-order valence-electron chi connectivity index (χ1n) is 5.67. The summed E-state index contributed by atoms with van der Waals surface area (Å²) in [7, 11) is 4.20. The lowest BCUT2D eigenvalue weighted by atomic mass is 10.1. The third-order valence-electron chi connectivity index (χ3n) is 2.88. The fourth-order valence-electron chi connectivity index (χ4n) is 1.83. The van der Waals surface area contributed by atoms with Crippen LogP contribution in [-0.4, -0.2) is 20.1 Å². The summed E-state index contributed by atoms with van der Waals surface area (Å²) in [5.74, 6) is 0. The summed E-state index contributed by atoms with van der Waals surface area (Å²) in [6.07, 6.45) is 2.70. The predicted molar refractivity (Wildman–Crippen MR) is 65.4 cm³/mol. The minimum atomic E-state index is 0.778. The average molecular weight is 204 g/mol. The molecule has 0 atom stereocenters. The van der Waals surface area contributed by atoms with Gasteiger partial charge in [-0.3, -0.25) is 0 Å². The van der Waals surface area contributed by atoms with Gasteiger partial charge in [0.2, 0.25) is 0 Å². The van der Waals surface area contributed by atoms with Crippen molar-refractivity contribution in [2.45, 2.75) is 32.4 Å². The van der Waals surface area contributed by atoms with Gasteiger partial charge in [-0.2, -0.15) is 0 Å². The molecule has 1 aromatic rings. The van der Waals surface area contributed by atoms with Gasteiger partial charge < -0.3 is 10.2 Å². The van der Waals surface area contributed by atoms with E-state index in [4.69, 9.17) is 0 Å². The molecule has 1 aliphatic rings. The van der Waals surface area contributed by atoms with Crippen LogP contribution in [0, 0.1) is 6.92 Å². The van der Waals surface area contributed by atoms with Crippen LogP contribution in [0.2, 0.25) is 0 Å². The van der Waals surface area contributed by atoms with E-state index >= 15 is 0 Å². The second-order valence-corrected chi connectivity index (χ2v) is 4.68. The number of rotatable bonds is 4. The topological polar surface area (TPSA) is 15.3 Å². The van der Waals surface area contributed by atoms with Crippen LogP contribution < -0.4 is 10.2 Å². The SMILES string of the molecule is Cc1ccc(N(C)C)c(CNC2CC2)c1. The number of hydrogen-bond donors (Lipinski definition) is 1. The molecule has 0 saturated heterocycles. The van der Waals surface area contributed by atoms with Crippen LogP contribution in [0.5, 0.6) is 0 Å². The van der Waals surface area contributed by atoms with Crippen molar-refractivity contribution in [3.05, 3.63) is 29.3 Å². The Morgan fingerprint density at radius 1 is 1.33 bits per heavy atom. The van der Waals surface area contributed by atoms with Crippen molar-refractivity contribution in [3.8, 4) is 0 Å². The molecule has 82 valence electrons. The van der Waals surface area contributed by atoms with Crippen molar-refractivity contribution in [3.63, 3.8) is 0 Å². The Labute approximate surface area is 92.3 Å². The first kappa shape index (κ1) is 10.5. The number of nitrogens with one attached hydrogen (secondary N) is 1. The molecule has 2 nitrogen and oxygen atoms in total. The Hall–Kier alpha value is -1.02. The van der Waals surface area contributed by atoms with E-state index in [-0.39, 0.29) is 0 Å². The number of hydrogen-bond acceptors (Lipinski definition) is 2. The molecule has 1 aromatic carbocycles. The summed E-state index contributed by atoms with van der Waals surface area (Å²) in [6.45, 7) is 3.15. The smallest absolute Gasteiger partial charge is 0.0406 e. The van der Waals surface area contributed by atoms with E-state index in [2.05, 4.69) is 49.4 Å². The second kappa shape index (κ2) is 4.23. The minimum Gasteiger partial charge on any atom is -0.377 e. The van der Waals surface area contributed by atoms with Gasteiger partial charge >= 0.3 is 0 Å². The average Bonchev–Trinajstić information content (AvgIpc) is 2.97. The van der Waals surface area contributed by atoms with Crippen molar-refractivity contribution in [1.82, 2.24) is 5.32 Å². The zero-order valence-corrected chi connectivity index (χ0v) is 9.88. The predicted octanol–water partition coefficient (Wildman–Crippen LogP) is 2.31. The number of anilines is 1. The first-order chi connectivity index (χ1) is 7.16. The van der Waals surface area contributed by atoms with Gasteiger partial charge in [-0.25, -0.2) is 0 Å². The molecule has 1 fully saturated rings. The standard InChI is InChI=1S/C13H20N2/c1-10-4-7-13(15(2)3)11(8-10)9-14-12-5-6-12/h4,7-8,12,14H,5-6,9H2,1-3H3. The molecule has 0 heterocycles.